The number of halogens is 2. The van der Waals surface area contributed by atoms with Gasteiger partial charge in [-0.3, -0.25) is 33.6 Å². The molecule has 3 amide bonds. The number of amides is 3. The molecule has 15 nitrogen and oxygen atoms in total. The highest BCUT2D eigenvalue weighted by Gasteiger charge is 2.33. The smallest absolute Gasteiger partial charge is 0.325 e. The molecular formula is C42H45Cl2N9O6S2. The molecule has 0 radical (unpaired) electrons. The van der Waals surface area contributed by atoms with Crippen LogP contribution in [0.3, 0.4) is 0 Å². The van der Waals surface area contributed by atoms with E-state index in [4.69, 9.17) is 37.7 Å². The molecule has 2 aliphatic heterocycles. The lowest BCUT2D eigenvalue weighted by Crippen LogP contribution is -2.51. The van der Waals surface area contributed by atoms with Crippen molar-refractivity contribution in [2.75, 3.05) is 59.0 Å². The quantitative estimate of drug-likeness (QED) is 0.127. The van der Waals surface area contributed by atoms with Crippen LogP contribution in [0.25, 0.3) is 15.6 Å². The van der Waals surface area contributed by atoms with Crippen LogP contribution in [0.2, 0.25) is 10.0 Å². The van der Waals surface area contributed by atoms with E-state index in [0.29, 0.717) is 77.5 Å². The fourth-order valence-corrected chi connectivity index (χ4v) is 9.58. The molecule has 2 aromatic carbocycles. The Morgan fingerprint density at radius 2 is 1.69 bits per heavy atom. The summed E-state index contributed by atoms with van der Waals surface area (Å²) in [5, 5.41) is 18.7. The molecule has 0 unspecified atom stereocenters. The largest absolute Gasteiger partial charge is 0.492 e. The third-order valence-corrected chi connectivity index (χ3v) is 13.1. The number of thiophene rings is 1. The standard InChI is InChI=1S/C42H45Cl2N9O6S2/c1-5-58-37(57)22-46-34(54)18-29-23-60-41(47-29)31-11-10-30(19-32(31)44)59-17-16-51-12-14-52(15-13-51)36(56)21-45-35(55)20-33-40-50-49-26(4)53(40)42-38(24(2)25(3)61-42)39(48-33)27-6-8-28(43)9-7-27/h6-11,19,23,33H,5,12-18,20-22H2,1-4H3,(H,45,55)(H,46,54)/t33-/m0/s1. The number of carbonyl (C=O) groups is 4. The number of ether oxygens (including phenoxy) is 2. The average Bonchev–Trinajstić information content (AvgIpc) is 3.92. The zero-order valence-electron chi connectivity index (χ0n) is 34.1. The van der Waals surface area contributed by atoms with Gasteiger partial charge in [0.05, 0.1) is 42.4 Å². The second-order valence-electron chi connectivity index (χ2n) is 14.5. The minimum absolute atomic E-state index is 0.00987. The first-order valence-electron chi connectivity index (χ1n) is 19.8. The highest BCUT2D eigenvalue weighted by molar-refractivity contribution is 7.15. The maximum atomic E-state index is 13.5. The SMILES string of the molecule is CCOC(=O)CNC(=O)Cc1csc(-c2ccc(OCCN3CCN(C(=O)CNC(=O)C[C@@H]4N=C(c5ccc(Cl)cc5)c5c(sc(C)c5C)-n5c(C)nnc54)CC3)cc2Cl)n1. The van der Waals surface area contributed by atoms with Crippen molar-refractivity contribution in [1.82, 2.24) is 40.2 Å². The van der Waals surface area contributed by atoms with Crippen LogP contribution in [0, 0.1) is 20.8 Å². The molecule has 1 atom stereocenters. The van der Waals surface area contributed by atoms with E-state index in [1.165, 1.54) is 11.3 Å². The molecule has 1 fully saturated rings. The van der Waals surface area contributed by atoms with E-state index < -0.39 is 12.0 Å². The van der Waals surface area contributed by atoms with E-state index in [1.807, 2.05) is 47.9 Å². The number of hydrogen-bond donors (Lipinski definition) is 2. The minimum atomic E-state index is -0.634. The van der Waals surface area contributed by atoms with Crippen molar-refractivity contribution in [3.05, 3.63) is 96.8 Å². The lowest BCUT2D eigenvalue weighted by atomic mass is 9.99. The second-order valence-corrected chi connectivity index (χ2v) is 17.4. The van der Waals surface area contributed by atoms with Crippen LogP contribution in [0.5, 0.6) is 5.75 Å². The van der Waals surface area contributed by atoms with Gasteiger partial charge in [-0.2, -0.15) is 0 Å². The van der Waals surface area contributed by atoms with Crippen molar-refractivity contribution in [2.45, 2.75) is 46.6 Å². The first-order valence-corrected chi connectivity index (χ1v) is 22.3. The predicted octanol–water partition coefficient (Wildman–Crippen LogP) is 5.53. The summed E-state index contributed by atoms with van der Waals surface area (Å²) < 4.78 is 12.8. The van der Waals surface area contributed by atoms with Gasteiger partial charge in [-0.15, -0.1) is 32.9 Å². The molecule has 0 bridgehead atoms. The van der Waals surface area contributed by atoms with Crippen LogP contribution < -0.4 is 15.4 Å². The van der Waals surface area contributed by atoms with Gasteiger partial charge >= 0.3 is 5.97 Å². The number of benzene rings is 2. The summed E-state index contributed by atoms with van der Waals surface area (Å²) in [6, 6.07) is 12.3. The number of aromatic nitrogens is 4. The van der Waals surface area contributed by atoms with E-state index in [1.54, 1.807) is 34.6 Å². The normalized spacial score (nSPS) is 15.0. The van der Waals surface area contributed by atoms with Gasteiger partial charge < -0.3 is 25.0 Å². The summed E-state index contributed by atoms with van der Waals surface area (Å²) in [5.74, 6) is 0.608. The number of aliphatic imine (C=N–C) groups is 1. The van der Waals surface area contributed by atoms with Gasteiger partial charge in [0.25, 0.3) is 0 Å². The number of nitrogens with zero attached hydrogens (tertiary/aromatic N) is 7. The summed E-state index contributed by atoms with van der Waals surface area (Å²) in [5.41, 5.74) is 5.01. The molecule has 0 aliphatic carbocycles. The van der Waals surface area contributed by atoms with Crippen molar-refractivity contribution in [3.63, 3.8) is 0 Å². The Kier molecular flexibility index (Phi) is 14.1. The van der Waals surface area contributed by atoms with Crippen molar-refractivity contribution in [1.29, 1.82) is 0 Å². The number of hydrogen-bond acceptors (Lipinski definition) is 13. The maximum absolute atomic E-state index is 13.5. The van der Waals surface area contributed by atoms with Gasteiger partial charge in [0.1, 0.15) is 40.8 Å². The van der Waals surface area contributed by atoms with Gasteiger partial charge in [-0.05, 0) is 63.6 Å². The first-order chi connectivity index (χ1) is 29.4. The Balaban J connectivity index is 0.869. The molecule has 0 saturated carbocycles. The Morgan fingerprint density at radius 1 is 0.934 bits per heavy atom. The summed E-state index contributed by atoms with van der Waals surface area (Å²) in [6.07, 6.45) is 0.0186. The molecular weight excluding hydrogens is 862 g/mol. The van der Waals surface area contributed by atoms with Crippen molar-refractivity contribution < 1.29 is 28.7 Å². The van der Waals surface area contributed by atoms with Crippen LogP contribution in [-0.4, -0.2) is 118 Å². The van der Waals surface area contributed by atoms with Crippen LogP contribution >= 0.6 is 45.9 Å². The van der Waals surface area contributed by atoms with Crippen LogP contribution in [0.4, 0.5) is 0 Å². The number of rotatable bonds is 15. The number of fused-ring (bicyclic) bond motifs is 3. The lowest BCUT2D eigenvalue weighted by Gasteiger charge is -2.34. The first kappa shape index (κ1) is 43.9. The Hall–Kier alpha value is -5.20. The molecule has 320 valence electrons. The number of carbonyl (C=O) groups excluding carboxylic acids is 4. The highest BCUT2D eigenvalue weighted by atomic mass is 35.5. The number of nitrogens with one attached hydrogen (secondary N) is 2. The topological polar surface area (TPSA) is 173 Å². The van der Waals surface area contributed by atoms with Crippen molar-refractivity contribution >= 4 is 75.3 Å². The molecule has 19 heteroatoms. The number of aryl methyl sites for hydroxylation is 2. The van der Waals surface area contributed by atoms with Crippen LogP contribution in [0.15, 0.2) is 52.8 Å². The minimum Gasteiger partial charge on any atom is -0.492 e. The molecule has 5 heterocycles. The lowest BCUT2D eigenvalue weighted by molar-refractivity contribution is -0.143. The van der Waals surface area contributed by atoms with E-state index >= 15 is 0 Å². The Bertz CT molecular complexity index is 2460. The van der Waals surface area contributed by atoms with Gasteiger partial charge in [-0.25, -0.2) is 4.98 Å². The summed E-state index contributed by atoms with van der Waals surface area (Å²) >= 11 is 15.9. The zero-order chi connectivity index (χ0) is 43.2. The summed E-state index contributed by atoms with van der Waals surface area (Å²) in [7, 11) is 0. The van der Waals surface area contributed by atoms with E-state index in [9.17, 15) is 19.2 Å². The van der Waals surface area contributed by atoms with Crippen LogP contribution in [-0.2, 0) is 30.3 Å². The summed E-state index contributed by atoms with van der Waals surface area (Å²) in [6.45, 7) is 11.1. The second kappa shape index (κ2) is 19.7. The van der Waals surface area contributed by atoms with Crippen molar-refractivity contribution in [2.24, 2.45) is 4.99 Å². The summed E-state index contributed by atoms with van der Waals surface area (Å²) in [4.78, 5) is 65.3. The van der Waals surface area contributed by atoms with E-state index in [-0.39, 0.29) is 50.3 Å². The molecule has 1 saturated heterocycles. The van der Waals surface area contributed by atoms with Gasteiger partial charge in [-0.1, -0.05) is 35.3 Å². The zero-order valence-corrected chi connectivity index (χ0v) is 37.3. The molecule has 5 aromatic rings. The van der Waals surface area contributed by atoms with Gasteiger partial charge in [0, 0.05) is 64.7 Å². The molecule has 3 aromatic heterocycles. The maximum Gasteiger partial charge on any atom is 0.325 e. The number of esters is 1. The monoisotopic (exact) mass is 905 g/mol. The molecule has 7 rings (SSSR count). The predicted molar refractivity (Wildman–Crippen MR) is 235 cm³/mol. The number of piperazine rings is 1. The fourth-order valence-electron chi connectivity index (χ4n) is 7.06. The van der Waals surface area contributed by atoms with Crippen molar-refractivity contribution in [3.8, 4) is 21.3 Å². The third-order valence-electron chi connectivity index (χ3n) is 10.4. The Morgan fingerprint density at radius 3 is 2.43 bits per heavy atom. The molecule has 61 heavy (non-hydrogen) atoms. The van der Waals surface area contributed by atoms with Crippen LogP contribution in [0.1, 0.15) is 58.3 Å². The fraction of sp³-hybridized carbons (Fsp3) is 0.381. The Labute approximate surface area is 371 Å². The van der Waals surface area contributed by atoms with Gasteiger partial charge in [0.2, 0.25) is 17.7 Å². The molecule has 2 N–H and O–H groups in total. The third kappa shape index (κ3) is 10.5. The van der Waals surface area contributed by atoms with Gasteiger partial charge in [0.15, 0.2) is 5.82 Å². The highest BCUT2D eigenvalue weighted by Crippen LogP contribution is 2.40. The number of thiazole rings is 1. The average molecular weight is 907 g/mol. The van der Waals surface area contributed by atoms with E-state index in [2.05, 4.69) is 44.6 Å². The van der Waals surface area contributed by atoms with E-state index in [0.717, 1.165) is 37.8 Å². The molecule has 0 spiro atoms. The molecule has 2 aliphatic rings.